The van der Waals surface area contributed by atoms with Gasteiger partial charge in [0.05, 0.1) is 5.56 Å². The van der Waals surface area contributed by atoms with E-state index in [0.717, 1.165) is 25.6 Å². The van der Waals surface area contributed by atoms with Gasteiger partial charge >= 0.3 is 0 Å². The number of Topliss-reactive ketones (excluding diaryl/α,β-unsaturated/α-hetero) is 1. The zero-order chi connectivity index (χ0) is 22.1. The quantitative estimate of drug-likeness (QED) is 0.709. The lowest BCUT2D eigenvalue weighted by atomic mass is 9.88. The molecule has 8 heteroatoms. The second kappa shape index (κ2) is 8.88. The maximum Gasteiger partial charge on any atom is 0.257 e. The summed E-state index contributed by atoms with van der Waals surface area (Å²) in [5, 5.41) is 20.0. The number of hydrogen-bond donors (Lipinski definition) is 2. The molecule has 2 aliphatic rings. The van der Waals surface area contributed by atoms with Crippen LogP contribution in [-0.4, -0.2) is 50.1 Å². The molecule has 0 aliphatic carbocycles. The first kappa shape index (κ1) is 21.6. The van der Waals surface area contributed by atoms with Gasteiger partial charge < -0.3 is 15.1 Å². The molecule has 1 saturated heterocycles. The van der Waals surface area contributed by atoms with Crippen LogP contribution in [-0.2, 0) is 13.0 Å². The number of aliphatic hydroxyl groups excluding tert-OH is 1. The molecular weight excluding hydrogens is 401 g/mol. The standard InChI is InChI=1S/C23H28FN3O4/c1-14-17(23(31)27-9-2-3-19(28)22(27)25-14)8-12-26-10-6-15(7-11-26)21(30)18-5-4-16(24)13-20(18)29/h4-5,13,15,19,28-29H,2-3,6-12H2,1H3. The van der Waals surface area contributed by atoms with E-state index in [4.69, 9.17) is 0 Å². The van der Waals surface area contributed by atoms with Crippen molar-refractivity contribution in [3.8, 4) is 5.75 Å². The van der Waals surface area contributed by atoms with E-state index in [1.807, 2.05) is 6.92 Å². The molecule has 1 fully saturated rings. The minimum Gasteiger partial charge on any atom is -0.507 e. The molecule has 166 valence electrons. The third-order valence-corrected chi connectivity index (χ3v) is 6.52. The van der Waals surface area contributed by atoms with Crippen LogP contribution in [0.3, 0.4) is 0 Å². The molecule has 3 heterocycles. The summed E-state index contributed by atoms with van der Waals surface area (Å²) in [6.07, 6.45) is 2.61. The van der Waals surface area contributed by atoms with Gasteiger partial charge in [-0.2, -0.15) is 0 Å². The number of carbonyl (C=O) groups is 1. The second-order valence-corrected chi connectivity index (χ2v) is 8.54. The lowest BCUT2D eigenvalue weighted by Gasteiger charge is -2.31. The number of aliphatic hydroxyl groups is 1. The number of hydrogen-bond acceptors (Lipinski definition) is 6. The summed E-state index contributed by atoms with van der Waals surface area (Å²) in [6.45, 7) is 4.54. The van der Waals surface area contributed by atoms with E-state index in [-0.39, 0.29) is 28.6 Å². The van der Waals surface area contributed by atoms with Crippen molar-refractivity contribution in [3.05, 3.63) is 57.0 Å². The number of halogens is 1. The van der Waals surface area contributed by atoms with E-state index < -0.39 is 11.9 Å². The highest BCUT2D eigenvalue weighted by Crippen LogP contribution is 2.27. The summed E-state index contributed by atoms with van der Waals surface area (Å²) in [7, 11) is 0. The van der Waals surface area contributed by atoms with E-state index in [1.165, 1.54) is 12.1 Å². The second-order valence-electron chi connectivity index (χ2n) is 8.54. The van der Waals surface area contributed by atoms with E-state index in [1.54, 1.807) is 4.57 Å². The van der Waals surface area contributed by atoms with Gasteiger partial charge in [-0.15, -0.1) is 0 Å². The predicted molar refractivity (Wildman–Crippen MR) is 113 cm³/mol. The number of rotatable bonds is 5. The molecule has 0 saturated carbocycles. The number of ketones is 1. The number of likely N-dealkylation sites (tertiary alicyclic amines) is 1. The molecule has 0 amide bonds. The van der Waals surface area contributed by atoms with E-state index in [2.05, 4.69) is 9.88 Å². The van der Waals surface area contributed by atoms with E-state index in [9.17, 15) is 24.2 Å². The Morgan fingerprint density at radius 2 is 1.97 bits per heavy atom. The first-order valence-corrected chi connectivity index (χ1v) is 10.9. The summed E-state index contributed by atoms with van der Waals surface area (Å²) in [5.41, 5.74) is 1.48. The number of nitrogens with zero attached hydrogens (tertiary/aromatic N) is 3. The van der Waals surface area contributed by atoms with Crippen molar-refractivity contribution in [1.82, 2.24) is 14.5 Å². The van der Waals surface area contributed by atoms with Crippen molar-refractivity contribution in [2.75, 3.05) is 19.6 Å². The van der Waals surface area contributed by atoms with Gasteiger partial charge in [-0.25, -0.2) is 9.37 Å². The molecule has 7 nitrogen and oxygen atoms in total. The fraction of sp³-hybridized carbons (Fsp3) is 0.522. The van der Waals surface area contributed by atoms with Crippen molar-refractivity contribution < 1.29 is 19.4 Å². The maximum absolute atomic E-state index is 13.2. The summed E-state index contributed by atoms with van der Waals surface area (Å²) < 4.78 is 14.8. The molecular formula is C23H28FN3O4. The number of aryl methyl sites for hydroxylation is 1. The minimum absolute atomic E-state index is 0.0573. The maximum atomic E-state index is 13.2. The van der Waals surface area contributed by atoms with Crippen LogP contribution >= 0.6 is 0 Å². The van der Waals surface area contributed by atoms with Crippen LogP contribution < -0.4 is 5.56 Å². The molecule has 2 N–H and O–H groups in total. The lowest BCUT2D eigenvalue weighted by Crippen LogP contribution is -2.39. The van der Waals surface area contributed by atoms with Gasteiger partial charge in [-0.3, -0.25) is 14.2 Å². The van der Waals surface area contributed by atoms with Gasteiger partial charge in [-0.1, -0.05) is 0 Å². The normalized spacial score (nSPS) is 19.9. The van der Waals surface area contributed by atoms with Crippen LogP contribution in [0.2, 0.25) is 0 Å². The molecule has 1 aromatic carbocycles. The van der Waals surface area contributed by atoms with Crippen molar-refractivity contribution in [2.24, 2.45) is 5.92 Å². The number of phenolic OH excluding ortho intramolecular Hbond substituents is 1. The molecule has 4 rings (SSSR count). The van der Waals surface area contributed by atoms with Crippen molar-refractivity contribution in [1.29, 1.82) is 0 Å². The molecule has 1 unspecified atom stereocenters. The number of aromatic nitrogens is 2. The highest BCUT2D eigenvalue weighted by Gasteiger charge is 2.28. The molecule has 1 aromatic heterocycles. The largest absolute Gasteiger partial charge is 0.507 e. The Labute approximate surface area is 180 Å². The van der Waals surface area contributed by atoms with Crippen molar-refractivity contribution >= 4 is 5.78 Å². The predicted octanol–water partition coefficient (Wildman–Crippen LogP) is 2.36. The van der Waals surface area contributed by atoms with Crippen LogP contribution in [0.15, 0.2) is 23.0 Å². The Morgan fingerprint density at radius 1 is 1.23 bits per heavy atom. The minimum atomic E-state index is -0.675. The number of fused-ring (bicyclic) bond motifs is 1. The van der Waals surface area contributed by atoms with E-state index in [0.29, 0.717) is 55.9 Å². The third kappa shape index (κ3) is 4.41. The third-order valence-electron chi connectivity index (χ3n) is 6.52. The molecule has 0 bridgehead atoms. The Kier molecular flexibility index (Phi) is 6.20. The molecule has 1 atom stereocenters. The topological polar surface area (TPSA) is 95.7 Å². The number of carbonyl (C=O) groups excluding carboxylic acids is 1. The van der Waals surface area contributed by atoms with Crippen LogP contribution in [0.5, 0.6) is 5.75 Å². The van der Waals surface area contributed by atoms with Gasteiger partial charge in [0.15, 0.2) is 5.78 Å². The van der Waals surface area contributed by atoms with Crippen LogP contribution in [0.25, 0.3) is 0 Å². The number of aromatic hydroxyl groups is 1. The van der Waals surface area contributed by atoms with Gasteiger partial charge in [-0.05, 0) is 64.3 Å². The summed E-state index contributed by atoms with van der Waals surface area (Å²) in [4.78, 5) is 32.3. The summed E-state index contributed by atoms with van der Waals surface area (Å²) in [6, 6.07) is 3.50. The number of piperidine rings is 1. The SMILES string of the molecule is Cc1nc2n(c(=O)c1CCN1CCC(C(=O)c3ccc(F)cc3O)CC1)CCCC2O. The molecule has 0 spiro atoms. The first-order valence-electron chi connectivity index (χ1n) is 10.9. The number of benzene rings is 1. The fourth-order valence-electron chi connectivity index (χ4n) is 4.67. The van der Waals surface area contributed by atoms with Crippen LogP contribution in [0, 0.1) is 18.7 Å². The Hall–Kier alpha value is -2.58. The van der Waals surface area contributed by atoms with E-state index >= 15 is 0 Å². The average Bonchev–Trinajstić information content (AvgIpc) is 2.74. The Bertz CT molecular complexity index is 1040. The zero-order valence-corrected chi connectivity index (χ0v) is 17.7. The summed E-state index contributed by atoms with van der Waals surface area (Å²) >= 11 is 0. The Morgan fingerprint density at radius 3 is 2.68 bits per heavy atom. The smallest absolute Gasteiger partial charge is 0.257 e. The molecule has 0 radical (unpaired) electrons. The first-order chi connectivity index (χ1) is 14.8. The van der Waals surface area contributed by atoms with Crippen molar-refractivity contribution in [2.45, 2.75) is 51.7 Å². The fourth-order valence-corrected chi connectivity index (χ4v) is 4.67. The average molecular weight is 429 g/mol. The number of phenols is 1. The highest BCUT2D eigenvalue weighted by molar-refractivity contribution is 6.00. The van der Waals surface area contributed by atoms with Gasteiger partial charge in [0, 0.05) is 36.3 Å². The molecule has 2 aliphatic heterocycles. The Balaban J connectivity index is 1.37. The van der Waals surface area contributed by atoms with Gasteiger partial charge in [0.2, 0.25) is 0 Å². The molecule has 2 aromatic rings. The van der Waals surface area contributed by atoms with Crippen molar-refractivity contribution in [3.63, 3.8) is 0 Å². The van der Waals surface area contributed by atoms with Gasteiger partial charge in [0.1, 0.15) is 23.5 Å². The highest BCUT2D eigenvalue weighted by atomic mass is 19.1. The van der Waals surface area contributed by atoms with Crippen LogP contribution in [0.1, 0.15) is 59.2 Å². The van der Waals surface area contributed by atoms with Gasteiger partial charge in [0.25, 0.3) is 5.56 Å². The molecule has 31 heavy (non-hydrogen) atoms. The lowest BCUT2D eigenvalue weighted by molar-refractivity contribution is 0.0838. The van der Waals surface area contributed by atoms with Crippen LogP contribution in [0.4, 0.5) is 4.39 Å². The monoisotopic (exact) mass is 429 g/mol. The summed E-state index contributed by atoms with van der Waals surface area (Å²) in [5.74, 6) is -0.758. The zero-order valence-electron chi connectivity index (χ0n) is 17.7.